The maximum Gasteiger partial charge on any atom is 0.00791 e. The molecule has 0 bridgehead atoms. The highest BCUT2D eigenvalue weighted by Gasteiger charge is 2.14. The smallest absolute Gasteiger partial charge is 0.00791 e. The van der Waals surface area contributed by atoms with E-state index in [1.807, 2.05) is 11.8 Å². The Morgan fingerprint density at radius 1 is 1.00 bits per heavy atom. The summed E-state index contributed by atoms with van der Waals surface area (Å²) in [6.07, 6.45) is 2.35. The molecule has 0 aliphatic heterocycles. The van der Waals surface area contributed by atoms with Crippen molar-refractivity contribution < 1.29 is 0 Å². The summed E-state index contributed by atoms with van der Waals surface area (Å²) in [6.45, 7) is 6.57. The first-order valence-electron chi connectivity index (χ1n) is 5.55. The molecule has 92 valence electrons. The lowest BCUT2D eigenvalue weighted by atomic mass is 10.0. The molecular weight excluding hydrogens is 260 g/mol. The quantitative estimate of drug-likeness (QED) is 0.446. The number of rotatable bonds is 8. The number of thioether (sulfide) groups is 1. The van der Waals surface area contributed by atoms with Crippen molar-refractivity contribution in [1.29, 1.82) is 0 Å². The summed E-state index contributed by atoms with van der Waals surface area (Å²) >= 11 is 15.4. The predicted molar refractivity (Wildman–Crippen MR) is 85.4 cm³/mol. The topological polar surface area (TPSA) is 0 Å². The largest absolute Gasteiger partial charge is 0.176 e. The monoisotopic (exact) mass is 284 g/mol. The Balaban J connectivity index is 3.51. The zero-order chi connectivity index (χ0) is 11.8. The van der Waals surface area contributed by atoms with E-state index in [1.54, 1.807) is 0 Å². The molecule has 0 saturated heterocycles. The van der Waals surface area contributed by atoms with Crippen LogP contribution in [0.4, 0.5) is 0 Å². The summed E-state index contributed by atoms with van der Waals surface area (Å²) < 4.78 is 0. The van der Waals surface area contributed by atoms with Gasteiger partial charge in [0.2, 0.25) is 0 Å². The molecule has 0 aromatic carbocycles. The standard InChI is InChI=1S/C11H24S4/c1-8(11(14)6-9(2)12)4-5-15-7-10(3)13/h8-14H,4-7H2,1-3H3. The Labute approximate surface area is 116 Å². The van der Waals surface area contributed by atoms with Gasteiger partial charge in [-0.15, -0.1) is 0 Å². The second kappa shape index (κ2) is 9.43. The van der Waals surface area contributed by atoms with Gasteiger partial charge in [0.05, 0.1) is 0 Å². The second-order valence-electron chi connectivity index (χ2n) is 4.34. The molecule has 0 fully saturated rings. The molecule has 0 aromatic heterocycles. The molecule has 0 amide bonds. The molecule has 0 spiro atoms. The lowest BCUT2D eigenvalue weighted by Crippen LogP contribution is -2.16. The van der Waals surface area contributed by atoms with Crippen molar-refractivity contribution in [2.24, 2.45) is 5.92 Å². The molecule has 4 unspecified atom stereocenters. The highest BCUT2D eigenvalue weighted by molar-refractivity contribution is 8.00. The highest BCUT2D eigenvalue weighted by Crippen LogP contribution is 2.22. The van der Waals surface area contributed by atoms with E-state index in [1.165, 1.54) is 12.2 Å². The summed E-state index contributed by atoms with van der Waals surface area (Å²) in [7, 11) is 0. The van der Waals surface area contributed by atoms with Crippen LogP contribution in [0.3, 0.4) is 0 Å². The molecule has 0 heterocycles. The van der Waals surface area contributed by atoms with Gasteiger partial charge < -0.3 is 0 Å². The average molecular weight is 285 g/mol. The van der Waals surface area contributed by atoms with Gasteiger partial charge in [-0.2, -0.15) is 49.6 Å². The molecule has 0 aliphatic rings. The van der Waals surface area contributed by atoms with Gasteiger partial charge >= 0.3 is 0 Å². The Morgan fingerprint density at radius 3 is 2.07 bits per heavy atom. The van der Waals surface area contributed by atoms with Crippen molar-refractivity contribution in [3.8, 4) is 0 Å². The fourth-order valence-corrected chi connectivity index (χ4v) is 3.52. The number of hydrogen-bond acceptors (Lipinski definition) is 4. The van der Waals surface area contributed by atoms with Crippen LogP contribution in [-0.4, -0.2) is 27.3 Å². The van der Waals surface area contributed by atoms with Crippen LogP contribution in [0.2, 0.25) is 0 Å². The minimum absolute atomic E-state index is 0.458. The molecule has 0 N–H and O–H groups in total. The zero-order valence-corrected chi connectivity index (χ0v) is 13.4. The van der Waals surface area contributed by atoms with Gasteiger partial charge in [-0.1, -0.05) is 20.8 Å². The van der Waals surface area contributed by atoms with Gasteiger partial charge in [-0.05, 0) is 29.8 Å². The van der Waals surface area contributed by atoms with Gasteiger partial charge in [0.15, 0.2) is 0 Å². The van der Waals surface area contributed by atoms with Crippen molar-refractivity contribution in [1.82, 2.24) is 0 Å². The van der Waals surface area contributed by atoms with Crippen molar-refractivity contribution in [2.75, 3.05) is 11.5 Å². The first-order chi connectivity index (χ1) is 6.93. The Kier molecular flexibility index (Phi) is 10.3. The van der Waals surface area contributed by atoms with Crippen LogP contribution in [0.1, 0.15) is 33.6 Å². The third-order valence-electron chi connectivity index (χ3n) is 2.32. The molecule has 0 radical (unpaired) electrons. The fraction of sp³-hybridized carbons (Fsp3) is 1.00. The van der Waals surface area contributed by atoms with Crippen molar-refractivity contribution in [3.05, 3.63) is 0 Å². The average Bonchev–Trinajstić information content (AvgIpc) is 2.10. The van der Waals surface area contributed by atoms with Crippen LogP contribution >= 0.6 is 49.6 Å². The highest BCUT2D eigenvalue weighted by atomic mass is 32.2. The zero-order valence-electron chi connectivity index (χ0n) is 9.89. The SMILES string of the molecule is CC(S)CSCCC(C)C(S)CC(C)S. The van der Waals surface area contributed by atoms with E-state index in [-0.39, 0.29) is 0 Å². The molecule has 4 heteroatoms. The van der Waals surface area contributed by atoms with Crippen LogP contribution in [0.15, 0.2) is 0 Å². The first kappa shape index (κ1) is 16.4. The van der Waals surface area contributed by atoms with Crippen LogP contribution < -0.4 is 0 Å². The van der Waals surface area contributed by atoms with Crippen molar-refractivity contribution >= 4 is 49.6 Å². The van der Waals surface area contributed by atoms with Crippen LogP contribution in [0.25, 0.3) is 0 Å². The van der Waals surface area contributed by atoms with Gasteiger partial charge in [0.25, 0.3) is 0 Å². The normalized spacial score (nSPS) is 19.6. The molecule has 0 nitrogen and oxygen atoms in total. The van der Waals surface area contributed by atoms with E-state index < -0.39 is 0 Å². The summed E-state index contributed by atoms with van der Waals surface area (Å²) in [5.74, 6) is 3.06. The summed E-state index contributed by atoms with van der Waals surface area (Å²) in [5, 5.41) is 1.46. The third kappa shape index (κ3) is 10.3. The van der Waals surface area contributed by atoms with E-state index >= 15 is 0 Å². The molecule has 4 atom stereocenters. The summed E-state index contributed by atoms with van der Waals surface area (Å²) in [4.78, 5) is 0. The molecule has 15 heavy (non-hydrogen) atoms. The fourth-order valence-electron chi connectivity index (χ4n) is 1.30. The lowest BCUT2D eigenvalue weighted by Gasteiger charge is -2.20. The predicted octanol–water partition coefficient (Wildman–Crippen LogP) is 4.07. The van der Waals surface area contributed by atoms with Gasteiger partial charge in [-0.3, -0.25) is 0 Å². The van der Waals surface area contributed by atoms with Gasteiger partial charge in [-0.25, -0.2) is 0 Å². The molecular formula is C11H24S4. The maximum absolute atomic E-state index is 4.63. The van der Waals surface area contributed by atoms with Crippen molar-refractivity contribution in [3.63, 3.8) is 0 Å². The minimum Gasteiger partial charge on any atom is -0.176 e. The van der Waals surface area contributed by atoms with Crippen LogP contribution in [0, 0.1) is 5.92 Å². The Morgan fingerprint density at radius 2 is 1.60 bits per heavy atom. The molecule has 0 aromatic rings. The number of hydrogen-bond donors (Lipinski definition) is 3. The maximum atomic E-state index is 4.63. The molecule has 0 aliphatic carbocycles. The van der Waals surface area contributed by atoms with Gasteiger partial charge in [0.1, 0.15) is 0 Å². The van der Waals surface area contributed by atoms with E-state index in [0.717, 1.165) is 12.2 Å². The molecule has 0 rings (SSSR count). The van der Waals surface area contributed by atoms with Crippen molar-refractivity contribution in [2.45, 2.75) is 49.4 Å². The first-order valence-corrected chi connectivity index (χ1v) is 8.25. The second-order valence-corrected chi connectivity index (χ2v) is 7.92. The molecule has 0 saturated carbocycles. The van der Waals surface area contributed by atoms with E-state index in [9.17, 15) is 0 Å². The summed E-state index contributed by atoms with van der Waals surface area (Å²) in [5.41, 5.74) is 0. The van der Waals surface area contributed by atoms with Gasteiger partial charge in [0, 0.05) is 16.3 Å². The van der Waals surface area contributed by atoms with E-state index in [0.29, 0.717) is 21.7 Å². The van der Waals surface area contributed by atoms with Crippen LogP contribution in [-0.2, 0) is 0 Å². The third-order valence-corrected chi connectivity index (χ3v) is 4.94. The van der Waals surface area contributed by atoms with Crippen LogP contribution in [0.5, 0.6) is 0 Å². The van der Waals surface area contributed by atoms with E-state index in [4.69, 9.17) is 0 Å². The minimum atomic E-state index is 0.458. The lowest BCUT2D eigenvalue weighted by molar-refractivity contribution is 0.517. The Bertz CT molecular complexity index is 148. The number of thiol groups is 3. The summed E-state index contributed by atoms with van der Waals surface area (Å²) in [6, 6.07) is 0. The van der Waals surface area contributed by atoms with E-state index in [2.05, 4.69) is 58.7 Å². The Hall–Kier alpha value is 1.40.